The van der Waals surface area contributed by atoms with Crippen LogP contribution >= 0.6 is 0 Å². The van der Waals surface area contributed by atoms with Gasteiger partial charge in [0.2, 0.25) is 0 Å². The molecule has 1 aliphatic carbocycles. The molecule has 2 N–H and O–H groups in total. The quantitative estimate of drug-likeness (QED) is 0.744. The average Bonchev–Trinajstić information content (AvgIpc) is 3.12. The van der Waals surface area contributed by atoms with Crippen LogP contribution in [0.4, 0.5) is 15.9 Å². The van der Waals surface area contributed by atoms with Crippen molar-refractivity contribution in [2.75, 3.05) is 5.32 Å². The Morgan fingerprint density at radius 3 is 2.70 bits per heavy atom. The van der Waals surface area contributed by atoms with Crippen LogP contribution in [-0.4, -0.2) is 15.2 Å². The van der Waals surface area contributed by atoms with Crippen molar-refractivity contribution in [3.63, 3.8) is 0 Å². The van der Waals surface area contributed by atoms with Crippen LogP contribution in [0.2, 0.25) is 0 Å². The van der Waals surface area contributed by atoms with Crippen LogP contribution < -0.4 is 5.32 Å². The van der Waals surface area contributed by atoms with Gasteiger partial charge in [0.25, 0.3) is 0 Å². The second-order valence-electron chi connectivity index (χ2n) is 6.36. The SMILES string of the molecule is Cc1cc(C)c(Nc2nc3n[nH]c(C)c3cc2F)c2c1CCC2. The highest BCUT2D eigenvalue weighted by molar-refractivity contribution is 5.81. The Balaban J connectivity index is 1.83. The Kier molecular flexibility index (Phi) is 3.11. The first-order valence-electron chi connectivity index (χ1n) is 7.95. The number of benzene rings is 1. The zero-order chi connectivity index (χ0) is 16.1. The Morgan fingerprint density at radius 1 is 1.09 bits per heavy atom. The lowest BCUT2D eigenvalue weighted by Crippen LogP contribution is -2.04. The van der Waals surface area contributed by atoms with Crippen LogP contribution in [0.1, 0.15) is 34.4 Å². The van der Waals surface area contributed by atoms with Crippen molar-refractivity contribution in [1.29, 1.82) is 0 Å². The number of aryl methyl sites for hydroxylation is 3. The fraction of sp³-hybridized carbons (Fsp3) is 0.333. The van der Waals surface area contributed by atoms with E-state index in [1.807, 2.05) is 6.92 Å². The molecule has 4 nitrogen and oxygen atoms in total. The van der Waals surface area contributed by atoms with E-state index >= 15 is 0 Å². The van der Waals surface area contributed by atoms with Gasteiger partial charge in [-0.05, 0) is 68.4 Å². The maximum Gasteiger partial charge on any atom is 0.183 e. The lowest BCUT2D eigenvalue weighted by atomic mass is 9.98. The topological polar surface area (TPSA) is 53.6 Å². The highest BCUT2D eigenvalue weighted by atomic mass is 19.1. The van der Waals surface area contributed by atoms with E-state index in [4.69, 9.17) is 0 Å². The number of hydrogen-bond donors (Lipinski definition) is 2. The third kappa shape index (κ3) is 2.19. The van der Waals surface area contributed by atoms with Gasteiger partial charge in [-0.3, -0.25) is 5.10 Å². The van der Waals surface area contributed by atoms with Crippen LogP contribution in [0.25, 0.3) is 11.0 Å². The molecule has 0 fully saturated rings. The predicted octanol–water partition coefficient (Wildman–Crippen LogP) is 4.25. The summed E-state index contributed by atoms with van der Waals surface area (Å²) in [5.41, 5.74) is 7.52. The summed E-state index contributed by atoms with van der Waals surface area (Å²) in [7, 11) is 0. The minimum atomic E-state index is -0.353. The van der Waals surface area contributed by atoms with E-state index in [1.165, 1.54) is 22.8 Å². The number of fused-ring (bicyclic) bond motifs is 2. The highest BCUT2D eigenvalue weighted by Gasteiger charge is 2.20. The second kappa shape index (κ2) is 5.05. The Hall–Kier alpha value is -2.43. The van der Waals surface area contributed by atoms with Gasteiger partial charge in [-0.1, -0.05) is 6.07 Å². The van der Waals surface area contributed by atoms with Gasteiger partial charge in [0.1, 0.15) is 0 Å². The van der Waals surface area contributed by atoms with Crippen LogP contribution in [0.5, 0.6) is 0 Å². The number of nitrogens with one attached hydrogen (secondary N) is 2. The summed E-state index contributed by atoms with van der Waals surface area (Å²) < 4.78 is 14.5. The monoisotopic (exact) mass is 310 g/mol. The number of nitrogens with zero attached hydrogens (tertiary/aromatic N) is 2. The molecule has 0 atom stereocenters. The van der Waals surface area contributed by atoms with Crippen LogP contribution in [0.3, 0.4) is 0 Å². The average molecular weight is 310 g/mol. The Labute approximate surface area is 134 Å². The first-order valence-corrected chi connectivity index (χ1v) is 7.95. The van der Waals surface area contributed by atoms with Gasteiger partial charge < -0.3 is 5.32 Å². The Bertz CT molecular complexity index is 927. The molecule has 0 saturated carbocycles. The molecular weight excluding hydrogens is 291 g/mol. The molecule has 5 heteroatoms. The molecule has 0 aliphatic heterocycles. The summed E-state index contributed by atoms with van der Waals surface area (Å²) in [6.07, 6.45) is 3.29. The Morgan fingerprint density at radius 2 is 1.87 bits per heavy atom. The molecule has 4 rings (SSSR count). The van der Waals surface area contributed by atoms with Crippen molar-refractivity contribution in [2.45, 2.75) is 40.0 Å². The second-order valence-corrected chi connectivity index (χ2v) is 6.36. The zero-order valence-corrected chi connectivity index (χ0v) is 13.5. The number of aromatic nitrogens is 3. The molecule has 0 spiro atoms. The molecule has 0 amide bonds. The van der Waals surface area contributed by atoms with Crippen molar-refractivity contribution in [3.8, 4) is 0 Å². The number of pyridine rings is 1. The predicted molar refractivity (Wildman–Crippen MR) is 89.8 cm³/mol. The zero-order valence-electron chi connectivity index (χ0n) is 13.5. The van der Waals surface area contributed by atoms with Crippen molar-refractivity contribution in [2.24, 2.45) is 0 Å². The van der Waals surface area contributed by atoms with Crippen molar-refractivity contribution >= 4 is 22.5 Å². The minimum absolute atomic E-state index is 0.241. The van der Waals surface area contributed by atoms with E-state index in [9.17, 15) is 4.39 Å². The fourth-order valence-electron chi connectivity index (χ4n) is 3.59. The lowest BCUT2D eigenvalue weighted by Gasteiger charge is -2.16. The summed E-state index contributed by atoms with van der Waals surface area (Å²) >= 11 is 0. The number of halogens is 1. The van der Waals surface area contributed by atoms with E-state index in [2.05, 4.69) is 40.4 Å². The van der Waals surface area contributed by atoms with E-state index in [1.54, 1.807) is 0 Å². The molecular formula is C18H19FN4. The van der Waals surface area contributed by atoms with Gasteiger partial charge in [0.15, 0.2) is 17.3 Å². The number of H-pyrrole nitrogens is 1. The number of rotatable bonds is 2. The minimum Gasteiger partial charge on any atom is -0.337 e. The first kappa shape index (κ1) is 14.2. The fourth-order valence-corrected chi connectivity index (χ4v) is 3.59. The number of hydrogen-bond acceptors (Lipinski definition) is 3. The highest BCUT2D eigenvalue weighted by Crippen LogP contribution is 2.36. The maximum absolute atomic E-state index is 14.5. The summed E-state index contributed by atoms with van der Waals surface area (Å²) in [5.74, 6) is -0.112. The summed E-state index contributed by atoms with van der Waals surface area (Å²) in [6.45, 7) is 6.07. The van der Waals surface area contributed by atoms with Gasteiger partial charge in [0.05, 0.1) is 0 Å². The van der Waals surface area contributed by atoms with Gasteiger partial charge in [-0.2, -0.15) is 5.10 Å². The van der Waals surface area contributed by atoms with Crippen LogP contribution in [0.15, 0.2) is 12.1 Å². The third-order valence-corrected chi connectivity index (χ3v) is 4.76. The number of anilines is 2. The van der Waals surface area contributed by atoms with E-state index in [0.717, 1.165) is 41.6 Å². The summed E-state index contributed by atoms with van der Waals surface area (Å²) in [4.78, 5) is 4.35. The van der Waals surface area contributed by atoms with E-state index in [-0.39, 0.29) is 11.6 Å². The maximum atomic E-state index is 14.5. The number of aromatic amines is 1. The van der Waals surface area contributed by atoms with Gasteiger partial charge in [-0.25, -0.2) is 9.37 Å². The third-order valence-electron chi connectivity index (χ3n) is 4.76. The van der Waals surface area contributed by atoms with Crippen molar-refractivity contribution in [3.05, 3.63) is 45.9 Å². The molecule has 1 aromatic carbocycles. The van der Waals surface area contributed by atoms with E-state index < -0.39 is 0 Å². The van der Waals surface area contributed by atoms with Crippen LogP contribution in [-0.2, 0) is 12.8 Å². The van der Waals surface area contributed by atoms with Crippen molar-refractivity contribution < 1.29 is 4.39 Å². The largest absolute Gasteiger partial charge is 0.337 e. The molecule has 2 aromatic heterocycles. The molecule has 2 heterocycles. The van der Waals surface area contributed by atoms with Crippen LogP contribution in [0, 0.1) is 26.6 Å². The van der Waals surface area contributed by atoms with Crippen molar-refractivity contribution in [1.82, 2.24) is 15.2 Å². The molecule has 0 bridgehead atoms. The smallest absolute Gasteiger partial charge is 0.183 e. The van der Waals surface area contributed by atoms with Gasteiger partial charge in [0, 0.05) is 16.8 Å². The van der Waals surface area contributed by atoms with Gasteiger partial charge >= 0.3 is 0 Å². The molecule has 0 unspecified atom stereocenters. The normalized spacial score (nSPS) is 13.6. The molecule has 23 heavy (non-hydrogen) atoms. The van der Waals surface area contributed by atoms with E-state index in [0.29, 0.717) is 5.65 Å². The first-order chi connectivity index (χ1) is 11.0. The molecule has 0 saturated heterocycles. The van der Waals surface area contributed by atoms with Gasteiger partial charge in [-0.15, -0.1) is 0 Å². The molecule has 3 aromatic rings. The lowest BCUT2D eigenvalue weighted by molar-refractivity contribution is 0.629. The summed E-state index contributed by atoms with van der Waals surface area (Å²) in [6, 6.07) is 3.66. The molecule has 118 valence electrons. The molecule has 1 aliphatic rings. The molecule has 0 radical (unpaired) electrons. The standard InChI is InChI=1S/C18H19FN4/c1-9-7-10(2)16(13-6-4-5-12(9)13)20-18-15(19)8-14-11(3)22-23-17(14)21-18/h7-8H,4-6H2,1-3H3,(H2,20,21,22,23). The summed E-state index contributed by atoms with van der Waals surface area (Å²) in [5, 5.41) is 10.9.